The zero-order valence-corrected chi connectivity index (χ0v) is 11.0. The topological polar surface area (TPSA) is 102 Å². The fourth-order valence-electron chi connectivity index (χ4n) is 1.94. The van der Waals surface area contributed by atoms with Crippen LogP contribution >= 0.6 is 0 Å². The van der Waals surface area contributed by atoms with Gasteiger partial charge in [-0.05, 0) is 24.1 Å². The molecule has 0 atom stereocenters. The predicted molar refractivity (Wildman–Crippen MR) is 71.7 cm³/mol. The summed E-state index contributed by atoms with van der Waals surface area (Å²) in [5.74, 6) is -0.609. The number of nitrogens with two attached hydrogens (primary N) is 2. The lowest BCUT2D eigenvalue weighted by molar-refractivity contribution is 0.594. The largest absolute Gasteiger partial charge is 0.370 e. The molecule has 1 aromatic carbocycles. The molecule has 0 spiro atoms. The van der Waals surface area contributed by atoms with E-state index in [2.05, 4.69) is 4.99 Å². The van der Waals surface area contributed by atoms with E-state index in [1.807, 2.05) is 0 Å². The predicted octanol–water partition coefficient (Wildman–Crippen LogP) is 0.139. The van der Waals surface area contributed by atoms with E-state index in [1.54, 1.807) is 6.07 Å². The van der Waals surface area contributed by atoms with Crippen LogP contribution in [-0.2, 0) is 16.6 Å². The van der Waals surface area contributed by atoms with Crippen LogP contribution < -0.4 is 15.8 Å². The van der Waals surface area contributed by atoms with Crippen molar-refractivity contribution in [2.75, 3.05) is 16.6 Å². The summed E-state index contributed by atoms with van der Waals surface area (Å²) in [5, 5.41) is 0. The number of guanidine groups is 1. The molecule has 8 heteroatoms. The number of rotatable bonds is 3. The Balaban J connectivity index is 2.27. The molecule has 4 N–H and O–H groups in total. The molecule has 1 saturated heterocycles. The molecule has 0 radical (unpaired) electrons. The molecule has 19 heavy (non-hydrogen) atoms. The van der Waals surface area contributed by atoms with Crippen molar-refractivity contribution in [3.63, 3.8) is 0 Å². The molecule has 1 aliphatic heterocycles. The highest BCUT2D eigenvalue weighted by molar-refractivity contribution is 7.93. The van der Waals surface area contributed by atoms with Crippen molar-refractivity contribution in [1.82, 2.24) is 0 Å². The first-order chi connectivity index (χ1) is 8.90. The van der Waals surface area contributed by atoms with Crippen LogP contribution in [0.5, 0.6) is 0 Å². The van der Waals surface area contributed by atoms with Crippen LogP contribution in [-0.4, -0.2) is 26.7 Å². The summed E-state index contributed by atoms with van der Waals surface area (Å²) in [4.78, 5) is 3.77. The van der Waals surface area contributed by atoms with Gasteiger partial charge in [0.05, 0.1) is 18.0 Å². The third-order valence-corrected chi connectivity index (χ3v) is 4.68. The van der Waals surface area contributed by atoms with Crippen LogP contribution in [0.15, 0.2) is 23.2 Å². The SMILES string of the molecule is NC(N)=NCc1ccc(N2CCCS2(=O)=O)c(F)c1. The van der Waals surface area contributed by atoms with Gasteiger partial charge in [0.15, 0.2) is 5.96 Å². The molecule has 1 aromatic rings. The van der Waals surface area contributed by atoms with E-state index in [-0.39, 0.29) is 23.9 Å². The number of anilines is 1. The quantitative estimate of drug-likeness (QED) is 0.609. The average Bonchev–Trinajstić information content (AvgIpc) is 2.66. The zero-order chi connectivity index (χ0) is 14.0. The molecular weight excluding hydrogens is 271 g/mol. The van der Waals surface area contributed by atoms with Gasteiger partial charge in [0, 0.05) is 6.54 Å². The van der Waals surface area contributed by atoms with E-state index in [0.717, 1.165) is 4.31 Å². The van der Waals surface area contributed by atoms with Gasteiger partial charge in [-0.15, -0.1) is 0 Å². The number of nitrogens with zero attached hydrogens (tertiary/aromatic N) is 2. The van der Waals surface area contributed by atoms with Crippen LogP contribution in [0.4, 0.5) is 10.1 Å². The molecule has 0 unspecified atom stereocenters. The normalized spacial score (nSPS) is 17.4. The van der Waals surface area contributed by atoms with E-state index in [4.69, 9.17) is 11.5 Å². The number of sulfonamides is 1. The third kappa shape index (κ3) is 2.95. The maximum Gasteiger partial charge on any atom is 0.235 e. The highest BCUT2D eigenvalue weighted by Gasteiger charge is 2.30. The Morgan fingerprint density at radius 2 is 2.16 bits per heavy atom. The van der Waals surface area contributed by atoms with E-state index in [0.29, 0.717) is 18.5 Å². The lowest BCUT2D eigenvalue weighted by Gasteiger charge is -2.17. The second kappa shape index (κ2) is 5.04. The van der Waals surface area contributed by atoms with Crippen molar-refractivity contribution in [3.8, 4) is 0 Å². The van der Waals surface area contributed by atoms with Crippen molar-refractivity contribution in [1.29, 1.82) is 0 Å². The van der Waals surface area contributed by atoms with Gasteiger partial charge in [0.25, 0.3) is 0 Å². The van der Waals surface area contributed by atoms with Crippen LogP contribution in [0.2, 0.25) is 0 Å². The summed E-state index contributed by atoms with van der Waals surface area (Å²) in [6.07, 6.45) is 0.511. The van der Waals surface area contributed by atoms with Crippen LogP contribution in [0.1, 0.15) is 12.0 Å². The van der Waals surface area contributed by atoms with E-state index >= 15 is 0 Å². The first-order valence-electron chi connectivity index (χ1n) is 5.74. The molecule has 104 valence electrons. The molecule has 1 heterocycles. The zero-order valence-electron chi connectivity index (χ0n) is 10.2. The highest BCUT2D eigenvalue weighted by Crippen LogP contribution is 2.27. The minimum atomic E-state index is -3.38. The number of hydrogen-bond acceptors (Lipinski definition) is 3. The van der Waals surface area contributed by atoms with Crippen molar-refractivity contribution >= 4 is 21.7 Å². The van der Waals surface area contributed by atoms with Crippen molar-refractivity contribution in [2.45, 2.75) is 13.0 Å². The van der Waals surface area contributed by atoms with Crippen LogP contribution in [0.25, 0.3) is 0 Å². The standard InChI is InChI=1S/C11H15FN4O2S/c12-9-6-8(7-15-11(13)14)2-3-10(9)16-4-1-5-19(16,17)18/h2-3,6H,1,4-5,7H2,(H4,13,14,15). The fraction of sp³-hybridized carbons (Fsp3) is 0.364. The molecule has 1 fully saturated rings. The van der Waals surface area contributed by atoms with E-state index < -0.39 is 15.8 Å². The molecule has 0 aliphatic carbocycles. The van der Waals surface area contributed by atoms with Crippen LogP contribution in [0, 0.1) is 5.82 Å². The lowest BCUT2D eigenvalue weighted by Crippen LogP contribution is -2.26. The second-order valence-electron chi connectivity index (χ2n) is 4.27. The average molecular weight is 286 g/mol. The van der Waals surface area contributed by atoms with E-state index in [9.17, 15) is 12.8 Å². The fourth-order valence-corrected chi connectivity index (χ4v) is 3.51. The second-order valence-corrected chi connectivity index (χ2v) is 6.28. The van der Waals surface area contributed by atoms with Crippen LogP contribution in [0.3, 0.4) is 0 Å². The summed E-state index contributed by atoms with van der Waals surface area (Å²) in [6.45, 7) is 0.471. The van der Waals surface area contributed by atoms with Gasteiger partial charge in [0.2, 0.25) is 10.0 Å². The summed E-state index contributed by atoms with van der Waals surface area (Å²) < 4.78 is 38.5. The van der Waals surface area contributed by atoms with Gasteiger partial charge >= 0.3 is 0 Å². The first kappa shape index (κ1) is 13.6. The molecule has 0 bridgehead atoms. The lowest BCUT2D eigenvalue weighted by atomic mass is 10.2. The molecule has 0 saturated carbocycles. The molecule has 0 amide bonds. The number of hydrogen-bond donors (Lipinski definition) is 2. The number of benzene rings is 1. The summed E-state index contributed by atoms with van der Waals surface area (Å²) in [5.41, 5.74) is 11.0. The maximum absolute atomic E-state index is 14.0. The summed E-state index contributed by atoms with van der Waals surface area (Å²) >= 11 is 0. The van der Waals surface area contributed by atoms with Gasteiger partial charge in [-0.25, -0.2) is 17.8 Å². The molecule has 0 aromatic heterocycles. The van der Waals surface area contributed by atoms with Gasteiger partial charge in [-0.2, -0.15) is 0 Å². The van der Waals surface area contributed by atoms with Crippen molar-refractivity contribution in [3.05, 3.63) is 29.6 Å². The van der Waals surface area contributed by atoms with Gasteiger partial charge in [0.1, 0.15) is 5.82 Å². The number of aliphatic imine (C=N–C) groups is 1. The summed E-state index contributed by atoms with van der Waals surface area (Å²) in [6, 6.07) is 4.30. The molecule has 1 aliphatic rings. The molecule has 2 rings (SSSR count). The Kier molecular flexibility index (Phi) is 3.61. The smallest absolute Gasteiger partial charge is 0.235 e. The van der Waals surface area contributed by atoms with Crippen molar-refractivity contribution < 1.29 is 12.8 Å². The summed E-state index contributed by atoms with van der Waals surface area (Å²) in [7, 11) is -3.38. The first-order valence-corrected chi connectivity index (χ1v) is 7.35. The molecular formula is C11H15FN4O2S. The Hall–Kier alpha value is -1.83. The van der Waals surface area contributed by atoms with E-state index in [1.165, 1.54) is 12.1 Å². The minimum absolute atomic E-state index is 0.0577. The van der Waals surface area contributed by atoms with Gasteiger partial charge in [-0.1, -0.05) is 6.07 Å². The Morgan fingerprint density at radius 3 is 2.68 bits per heavy atom. The Morgan fingerprint density at radius 1 is 1.42 bits per heavy atom. The highest BCUT2D eigenvalue weighted by atomic mass is 32.2. The minimum Gasteiger partial charge on any atom is -0.370 e. The monoisotopic (exact) mass is 286 g/mol. The van der Waals surface area contributed by atoms with Gasteiger partial charge < -0.3 is 11.5 Å². The molecule has 6 nitrogen and oxygen atoms in total. The van der Waals surface area contributed by atoms with Crippen molar-refractivity contribution in [2.24, 2.45) is 16.5 Å². The Bertz CT molecular complexity index is 611. The Labute approximate surface area is 111 Å². The number of halogens is 1. The van der Waals surface area contributed by atoms with Gasteiger partial charge in [-0.3, -0.25) is 4.31 Å². The maximum atomic E-state index is 14.0. The third-order valence-electron chi connectivity index (χ3n) is 2.82.